The van der Waals surface area contributed by atoms with E-state index in [0.29, 0.717) is 5.69 Å². The van der Waals surface area contributed by atoms with Crippen LogP contribution in [0.15, 0.2) is 28.7 Å². The summed E-state index contributed by atoms with van der Waals surface area (Å²) in [5, 5.41) is 2.58. The predicted molar refractivity (Wildman–Crippen MR) is 71.7 cm³/mol. The van der Waals surface area contributed by atoms with Gasteiger partial charge < -0.3 is 5.32 Å². The monoisotopic (exact) mass is 319 g/mol. The Morgan fingerprint density at radius 1 is 1.35 bits per heavy atom. The first-order valence-electron chi connectivity index (χ1n) is 4.91. The highest BCUT2D eigenvalue weighted by atomic mass is 79.9. The molecule has 17 heavy (non-hydrogen) atoms. The van der Waals surface area contributed by atoms with Crippen molar-refractivity contribution in [3.8, 4) is 0 Å². The molecular weight excluding hydrogens is 306 g/mol. The lowest BCUT2D eigenvalue weighted by Crippen LogP contribution is -2.43. The third-order valence-electron chi connectivity index (χ3n) is 2.56. The second kappa shape index (κ2) is 4.78. The molecule has 0 atom stereocenters. The first-order chi connectivity index (χ1) is 7.64. The molecule has 1 N–H and O–H groups in total. The van der Waals surface area contributed by atoms with E-state index in [2.05, 4.69) is 21.2 Å². The number of sulfone groups is 1. The maximum absolute atomic E-state index is 11.9. The van der Waals surface area contributed by atoms with E-state index in [-0.39, 0.29) is 0 Å². The van der Waals surface area contributed by atoms with Crippen LogP contribution in [0.3, 0.4) is 0 Å². The first kappa shape index (κ1) is 14.2. The van der Waals surface area contributed by atoms with Gasteiger partial charge in [0.25, 0.3) is 0 Å². The largest absolute Gasteiger partial charge is 0.325 e. The minimum atomic E-state index is -3.46. The molecule has 0 aromatic heterocycles. The van der Waals surface area contributed by atoms with Crippen molar-refractivity contribution in [1.82, 2.24) is 0 Å². The van der Waals surface area contributed by atoms with E-state index < -0.39 is 20.5 Å². The Hall–Kier alpha value is -0.880. The average molecular weight is 320 g/mol. The summed E-state index contributed by atoms with van der Waals surface area (Å²) in [5.41, 5.74) is 0.557. The maximum atomic E-state index is 11.9. The number of carbonyl (C=O) groups is 1. The minimum absolute atomic E-state index is 0.543. The van der Waals surface area contributed by atoms with Crippen LogP contribution in [0.4, 0.5) is 5.69 Å². The molecule has 0 fully saturated rings. The number of benzene rings is 1. The molecule has 0 aliphatic carbocycles. The number of carbonyl (C=O) groups excluding carboxylic acids is 1. The van der Waals surface area contributed by atoms with Crippen molar-refractivity contribution in [3.05, 3.63) is 28.7 Å². The topological polar surface area (TPSA) is 63.2 Å². The van der Waals surface area contributed by atoms with Gasteiger partial charge in [-0.1, -0.05) is 22.0 Å². The van der Waals surface area contributed by atoms with Crippen molar-refractivity contribution in [2.24, 2.45) is 0 Å². The van der Waals surface area contributed by atoms with Crippen molar-refractivity contribution < 1.29 is 13.2 Å². The predicted octanol–water partition coefficient (Wildman–Crippen LogP) is 2.21. The van der Waals surface area contributed by atoms with Gasteiger partial charge in [0.2, 0.25) is 5.91 Å². The number of anilines is 1. The van der Waals surface area contributed by atoms with Crippen molar-refractivity contribution >= 4 is 37.4 Å². The van der Waals surface area contributed by atoms with Gasteiger partial charge >= 0.3 is 0 Å². The zero-order valence-electron chi connectivity index (χ0n) is 9.82. The lowest BCUT2D eigenvalue weighted by Gasteiger charge is -2.21. The van der Waals surface area contributed by atoms with E-state index in [1.807, 2.05) is 6.07 Å². The minimum Gasteiger partial charge on any atom is -0.325 e. The van der Waals surface area contributed by atoms with Gasteiger partial charge in [-0.3, -0.25) is 4.79 Å². The highest BCUT2D eigenvalue weighted by Crippen LogP contribution is 2.20. The third kappa shape index (κ3) is 3.29. The summed E-state index contributed by atoms with van der Waals surface area (Å²) in [7, 11) is -3.46. The summed E-state index contributed by atoms with van der Waals surface area (Å²) in [4.78, 5) is 11.9. The molecule has 0 saturated heterocycles. The Labute approximate surface area is 109 Å². The van der Waals surface area contributed by atoms with Gasteiger partial charge in [0, 0.05) is 16.4 Å². The van der Waals surface area contributed by atoms with Crippen LogP contribution in [-0.4, -0.2) is 25.3 Å². The van der Waals surface area contributed by atoms with Crippen molar-refractivity contribution in [1.29, 1.82) is 0 Å². The number of halogens is 1. The smallest absolute Gasteiger partial charge is 0.245 e. The van der Waals surface area contributed by atoms with Crippen LogP contribution in [0.25, 0.3) is 0 Å². The quantitative estimate of drug-likeness (QED) is 0.929. The molecule has 4 nitrogen and oxygen atoms in total. The molecule has 0 unspecified atom stereocenters. The van der Waals surface area contributed by atoms with Crippen LogP contribution < -0.4 is 5.32 Å². The fraction of sp³-hybridized carbons (Fsp3) is 0.364. The van der Waals surface area contributed by atoms with E-state index >= 15 is 0 Å². The summed E-state index contributed by atoms with van der Waals surface area (Å²) < 4.78 is 22.3. The molecule has 0 aliphatic heterocycles. The van der Waals surface area contributed by atoms with Gasteiger partial charge in [0.1, 0.15) is 4.75 Å². The van der Waals surface area contributed by atoms with Gasteiger partial charge in [0.05, 0.1) is 0 Å². The van der Waals surface area contributed by atoms with E-state index in [4.69, 9.17) is 0 Å². The summed E-state index contributed by atoms with van der Waals surface area (Å²) in [6.07, 6.45) is 1.05. The van der Waals surface area contributed by atoms with Gasteiger partial charge in [-0.2, -0.15) is 0 Å². The molecule has 1 rings (SSSR count). The van der Waals surface area contributed by atoms with Gasteiger partial charge in [0.15, 0.2) is 9.84 Å². The lowest BCUT2D eigenvalue weighted by atomic mass is 10.2. The summed E-state index contributed by atoms with van der Waals surface area (Å²) in [6.45, 7) is 2.77. The van der Waals surface area contributed by atoms with Crippen LogP contribution in [0, 0.1) is 0 Å². The number of hydrogen-bond acceptors (Lipinski definition) is 3. The Bertz CT molecular complexity index is 537. The van der Waals surface area contributed by atoms with E-state index in [9.17, 15) is 13.2 Å². The Balaban J connectivity index is 2.95. The Morgan fingerprint density at radius 3 is 2.41 bits per heavy atom. The molecular formula is C11H14BrNO3S. The van der Waals surface area contributed by atoms with Crippen LogP contribution in [0.1, 0.15) is 13.8 Å². The zero-order chi connectivity index (χ0) is 13.3. The average Bonchev–Trinajstić information content (AvgIpc) is 2.15. The molecule has 0 heterocycles. The normalized spacial score (nSPS) is 12.2. The molecule has 6 heteroatoms. The standard InChI is InChI=1S/C11H14BrNO3S/c1-11(2,17(3,15)16)10(14)13-9-6-4-5-8(12)7-9/h4-7H,1-3H3,(H,13,14). The summed E-state index contributed by atoms with van der Waals surface area (Å²) >= 11 is 3.27. The molecule has 1 aromatic rings. The molecule has 0 aliphatic rings. The number of nitrogens with one attached hydrogen (secondary N) is 1. The fourth-order valence-electron chi connectivity index (χ4n) is 1.02. The fourth-order valence-corrected chi connectivity index (χ4v) is 1.80. The molecule has 0 bridgehead atoms. The van der Waals surface area contributed by atoms with Crippen molar-refractivity contribution in [3.63, 3.8) is 0 Å². The zero-order valence-corrected chi connectivity index (χ0v) is 12.2. The molecule has 0 radical (unpaired) electrons. The van der Waals surface area contributed by atoms with E-state index in [1.165, 1.54) is 13.8 Å². The van der Waals surface area contributed by atoms with Crippen LogP contribution in [-0.2, 0) is 14.6 Å². The van der Waals surface area contributed by atoms with Crippen LogP contribution >= 0.6 is 15.9 Å². The number of amides is 1. The third-order valence-corrected chi connectivity index (χ3v) is 5.09. The second-order valence-electron chi connectivity index (χ2n) is 4.25. The SMILES string of the molecule is CC(C)(C(=O)Nc1cccc(Br)c1)S(C)(=O)=O. The molecule has 0 saturated carbocycles. The van der Waals surface area contributed by atoms with Crippen LogP contribution in [0.5, 0.6) is 0 Å². The molecule has 1 amide bonds. The molecule has 0 spiro atoms. The Kier molecular flexibility index (Phi) is 3.99. The van der Waals surface area contributed by atoms with E-state index in [1.54, 1.807) is 18.2 Å². The van der Waals surface area contributed by atoms with Crippen LogP contribution in [0.2, 0.25) is 0 Å². The molecule has 94 valence electrons. The van der Waals surface area contributed by atoms with Gasteiger partial charge in [-0.15, -0.1) is 0 Å². The summed E-state index contributed by atoms with van der Waals surface area (Å²) in [5.74, 6) is -0.543. The molecule has 1 aromatic carbocycles. The Morgan fingerprint density at radius 2 is 1.94 bits per heavy atom. The van der Waals surface area contributed by atoms with Crippen molar-refractivity contribution in [2.45, 2.75) is 18.6 Å². The van der Waals surface area contributed by atoms with E-state index in [0.717, 1.165) is 10.7 Å². The number of hydrogen-bond donors (Lipinski definition) is 1. The summed E-state index contributed by atoms with van der Waals surface area (Å²) in [6, 6.07) is 6.97. The van der Waals surface area contributed by atoms with Gasteiger partial charge in [-0.25, -0.2) is 8.42 Å². The lowest BCUT2D eigenvalue weighted by molar-refractivity contribution is -0.117. The van der Waals surface area contributed by atoms with Crippen molar-refractivity contribution in [2.75, 3.05) is 11.6 Å². The maximum Gasteiger partial charge on any atom is 0.245 e. The highest BCUT2D eigenvalue weighted by molar-refractivity contribution is 9.10. The number of rotatable bonds is 3. The first-order valence-corrected chi connectivity index (χ1v) is 7.59. The highest BCUT2D eigenvalue weighted by Gasteiger charge is 2.38. The van der Waals surface area contributed by atoms with Gasteiger partial charge in [-0.05, 0) is 32.0 Å². The second-order valence-corrected chi connectivity index (χ2v) is 7.73.